The van der Waals surface area contributed by atoms with E-state index in [-0.39, 0.29) is 6.42 Å². The van der Waals surface area contributed by atoms with E-state index >= 15 is 0 Å². The number of carbonyl (C=O) groups excluding carboxylic acids is 1. The molecule has 0 aromatic heterocycles. The molecular weight excluding hydrogens is 306 g/mol. The highest BCUT2D eigenvalue weighted by atomic mass is 16.7. The second-order valence-electron chi connectivity index (χ2n) is 7.04. The van der Waals surface area contributed by atoms with Crippen molar-refractivity contribution in [2.24, 2.45) is 17.8 Å². The highest BCUT2D eigenvalue weighted by molar-refractivity contribution is 5.78. The van der Waals surface area contributed by atoms with Gasteiger partial charge < -0.3 is 9.94 Å². The maximum atomic E-state index is 12.2. The minimum Gasteiger partial charge on any atom is -0.481 e. The molecule has 1 heterocycles. The Kier molecular flexibility index (Phi) is 5.51. The number of rotatable bonds is 6. The third-order valence-corrected chi connectivity index (χ3v) is 5.26. The highest BCUT2D eigenvalue weighted by Crippen LogP contribution is 2.36. The van der Waals surface area contributed by atoms with Gasteiger partial charge in [-0.2, -0.15) is 0 Å². The summed E-state index contributed by atoms with van der Waals surface area (Å²) in [5.41, 5.74) is 0.921. The van der Waals surface area contributed by atoms with Crippen LogP contribution in [0, 0.1) is 17.8 Å². The predicted octanol–water partition coefficient (Wildman–Crippen LogP) is 2.90. The molecule has 1 aromatic rings. The molecule has 2 fully saturated rings. The van der Waals surface area contributed by atoms with Gasteiger partial charge in [-0.05, 0) is 36.7 Å². The number of carbonyl (C=O) groups is 2. The monoisotopic (exact) mass is 331 g/mol. The van der Waals surface area contributed by atoms with Crippen LogP contribution in [0.1, 0.15) is 37.7 Å². The van der Waals surface area contributed by atoms with Gasteiger partial charge in [0.25, 0.3) is 0 Å². The third kappa shape index (κ3) is 4.35. The van der Waals surface area contributed by atoms with Gasteiger partial charge in [-0.25, -0.2) is 0 Å². The van der Waals surface area contributed by atoms with Crippen LogP contribution in [-0.4, -0.2) is 35.2 Å². The molecule has 0 amide bonds. The van der Waals surface area contributed by atoms with Crippen LogP contribution in [0.2, 0.25) is 0 Å². The van der Waals surface area contributed by atoms with Gasteiger partial charge in [-0.15, -0.1) is 5.06 Å². The van der Waals surface area contributed by atoms with Crippen molar-refractivity contribution in [3.8, 4) is 0 Å². The molecule has 1 saturated heterocycles. The molecular formula is C19H25NO4. The molecule has 3 atom stereocenters. The summed E-state index contributed by atoms with van der Waals surface area (Å²) in [5, 5.41) is 11.1. The lowest BCUT2D eigenvalue weighted by atomic mass is 9.82. The number of benzene rings is 1. The van der Waals surface area contributed by atoms with E-state index in [1.165, 1.54) is 25.7 Å². The van der Waals surface area contributed by atoms with E-state index in [0.29, 0.717) is 18.3 Å². The molecule has 1 saturated carbocycles. The molecule has 5 nitrogen and oxygen atoms in total. The fourth-order valence-electron chi connectivity index (χ4n) is 3.97. The number of nitrogens with zero attached hydrogens (tertiary/aromatic N) is 1. The first-order chi connectivity index (χ1) is 11.6. The lowest BCUT2D eigenvalue weighted by Gasteiger charge is -2.22. The van der Waals surface area contributed by atoms with Crippen molar-refractivity contribution in [3.05, 3.63) is 35.9 Å². The molecule has 0 bridgehead atoms. The third-order valence-electron chi connectivity index (χ3n) is 5.26. The fraction of sp³-hybridized carbons (Fsp3) is 0.579. The normalized spacial score (nSPS) is 25.0. The summed E-state index contributed by atoms with van der Waals surface area (Å²) in [6.45, 7) is 1.60. The Morgan fingerprint density at radius 2 is 1.75 bits per heavy atom. The molecule has 2 aliphatic rings. The molecule has 0 spiro atoms. The molecule has 1 aliphatic heterocycles. The first kappa shape index (κ1) is 17.0. The average molecular weight is 331 g/mol. The van der Waals surface area contributed by atoms with Crippen LogP contribution in [0.3, 0.4) is 0 Å². The maximum Gasteiger partial charge on any atom is 0.325 e. The first-order valence-electron chi connectivity index (χ1n) is 8.84. The van der Waals surface area contributed by atoms with Crippen molar-refractivity contribution >= 4 is 11.9 Å². The van der Waals surface area contributed by atoms with Crippen molar-refractivity contribution in [2.75, 3.05) is 13.1 Å². The summed E-state index contributed by atoms with van der Waals surface area (Å²) in [6, 6.07) is 9.40. The molecule has 1 aliphatic carbocycles. The molecule has 0 radical (unpaired) electrons. The summed E-state index contributed by atoms with van der Waals surface area (Å²) in [6.07, 6.45) is 5.21. The van der Waals surface area contributed by atoms with Crippen molar-refractivity contribution in [1.82, 2.24) is 5.06 Å². The van der Waals surface area contributed by atoms with Gasteiger partial charge in [0.2, 0.25) is 0 Å². The molecule has 130 valence electrons. The Morgan fingerprint density at radius 1 is 1.12 bits per heavy atom. The van der Waals surface area contributed by atoms with Gasteiger partial charge in [-0.1, -0.05) is 43.2 Å². The molecule has 1 aromatic carbocycles. The van der Waals surface area contributed by atoms with E-state index in [0.717, 1.165) is 18.7 Å². The number of carboxylic acid groups (broad SMARTS) is 1. The van der Waals surface area contributed by atoms with Gasteiger partial charge in [0.05, 0.1) is 12.3 Å². The summed E-state index contributed by atoms with van der Waals surface area (Å²) in [5.74, 6) is -0.870. The van der Waals surface area contributed by atoms with Crippen LogP contribution >= 0.6 is 0 Å². The van der Waals surface area contributed by atoms with Crippen LogP contribution in [-0.2, 0) is 20.8 Å². The number of hydroxylamine groups is 2. The molecule has 0 unspecified atom stereocenters. The van der Waals surface area contributed by atoms with Crippen molar-refractivity contribution < 1.29 is 19.5 Å². The van der Waals surface area contributed by atoms with E-state index in [1.807, 2.05) is 30.3 Å². The average Bonchev–Trinajstić information content (AvgIpc) is 2.97. The Morgan fingerprint density at radius 3 is 2.33 bits per heavy atom. The van der Waals surface area contributed by atoms with Crippen LogP contribution in [0.4, 0.5) is 0 Å². The molecule has 24 heavy (non-hydrogen) atoms. The topological polar surface area (TPSA) is 66.8 Å². The number of aliphatic carboxylic acids is 1. The number of hydrogen-bond donors (Lipinski definition) is 1. The SMILES string of the molecule is O=C(C[C@H](Cc1ccccc1)C(=O)O)ON1C[C@H]2CCCC[C@H]2C1. The van der Waals surface area contributed by atoms with E-state index < -0.39 is 17.9 Å². The van der Waals surface area contributed by atoms with Gasteiger partial charge in [-0.3, -0.25) is 9.59 Å². The van der Waals surface area contributed by atoms with Crippen LogP contribution in [0.15, 0.2) is 30.3 Å². The Hall–Kier alpha value is -1.88. The van der Waals surface area contributed by atoms with Gasteiger partial charge in [0.1, 0.15) is 0 Å². The smallest absolute Gasteiger partial charge is 0.325 e. The maximum absolute atomic E-state index is 12.2. The summed E-state index contributed by atoms with van der Waals surface area (Å²) < 4.78 is 0. The zero-order valence-electron chi connectivity index (χ0n) is 13.9. The molecule has 3 rings (SSSR count). The van der Waals surface area contributed by atoms with Crippen LogP contribution < -0.4 is 0 Å². The Labute approximate surface area is 142 Å². The van der Waals surface area contributed by atoms with Gasteiger partial charge >= 0.3 is 11.9 Å². The number of hydrogen-bond acceptors (Lipinski definition) is 4. The van der Waals surface area contributed by atoms with E-state index in [4.69, 9.17) is 4.84 Å². The van der Waals surface area contributed by atoms with Crippen LogP contribution in [0.5, 0.6) is 0 Å². The quantitative estimate of drug-likeness (QED) is 0.868. The van der Waals surface area contributed by atoms with Crippen LogP contribution in [0.25, 0.3) is 0 Å². The zero-order valence-corrected chi connectivity index (χ0v) is 13.9. The van der Waals surface area contributed by atoms with E-state index in [9.17, 15) is 14.7 Å². The molecule has 5 heteroatoms. The fourth-order valence-corrected chi connectivity index (χ4v) is 3.97. The second kappa shape index (κ2) is 7.79. The predicted molar refractivity (Wildman–Crippen MR) is 89.0 cm³/mol. The van der Waals surface area contributed by atoms with Gasteiger partial charge in [0.15, 0.2) is 0 Å². The second-order valence-corrected chi connectivity index (χ2v) is 7.04. The lowest BCUT2D eigenvalue weighted by Crippen LogP contribution is -2.28. The number of carboxylic acids is 1. The van der Waals surface area contributed by atoms with Crippen molar-refractivity contribution in [1.29, 1.82) is 0 Å². The lowest BCUT2D eigenvalue weighted by molar-refractivity contribution is -0.188. The van der Waals surface area contributed by atoms with Crippen molar-refractivity contribution in [2.45, 2.75) is 38.5 Å². The van der Waals surface area contributed by atoms with Gasteiger partial charge in [0, 0.05) is 13.1 Å². The Balaban J connectivity index is 1.51. The summed E-state index contributed by atoms with van der Waals surface area (Å²) >= 11 is 0. The highest BCUT2D eigenvalue weighted by Gasteiger charge is 2.36. The van der Waals surface area contributed by atoms with Crippen molar-refractivity contribution in [3.63, 3.8) is 0 Å². The minimum absolute atomic E-state index is 0.0872. The standard InChI is InChI=1S/C19H25NO4/c21-18(24-20-12-15-8-4-5-9-16(15)13-20)11-17(19(22)23)10-14-6-2-1-3-7-14/h1-3,6-7,15-17H,4-5,8-13H2,(H,22,23)/t15-,16+,17-/m0/s1. The summed E-state index contributed by atoms with van der Waals surface area (Å²) in [7, 11) is 0. The largest absolute Gasteiger partial charge is 0.481 e. The molecule has 1 N–H and O–H groups in total. The Bertz CT molecular complexity index is 560. The van der Waals surface area contributed by atoms with E-state index in [2.05, 4.69) is 0 Å². The van der Waals surface area contributed by atoms with E-state index in [1.54, 1.807) is 5.06 Å². The first-order valence-corrected chi connectivity index (χ1v) is 8.84. The minimum atomic E-state index is -0.953. The zero-order chi connectivity index (χ0) is 16.9. The number of fused-ring (bicyclic) bond motifs is 1. The summed E-state index contributed by atoms with van der Waals surface area (Å²) in [4.78, 5) is 29.1.